The number of hydrogen-bond donors (Lipinski definition) is 0. The fourth-order valence-corrected chi connectivity index (χ4v) is 3.16. The summed E-state index contributed by atoms with van der Waals surface area (Å²) in [6, 6.07) is 9.15. The zero-order chi connectivity index (χ0) is 15.0. The maximum atomic E-state index is 3.92. The average Bonchev–Trinajstić information content (AvgIpc) is 2.83. The average molecular weight is 272 g/mol. The van der Waals surface area contributed by atoms with Crippen LogP contribution in [-0.2, 0) is 6.42 Å². The van der Waals surface area contributed by atoms with Crippen molar-refractivity contribution in [2.45, 2.75) is 20.3 Å². The smallest absolute Gasteiger partial charge is 0.00130 e. The highest BCUT2D eigenvalue weighted by molar-refractivity contribution is 5.83. The van der Waals surface area contributed by atoms with Gasteiger partial charge in [0.2, 0.25) is 0 Å². The number of benzene rings is 2. The molecule has 0 aliphatic heterocycles. The Labute approximate surface area is 127 Å². The van der Waals surface area contributed by atoms with Crippen LogP contribution in [0.15, 0.2) is 43.5 Å². The van der Waals surface area contributed by atoms with Gasteiger partial charge in [-0.2, -0.15) is 0 Å². The van der Waals surface area contributed by atoms with Crippen molar-refractivity contribution in [1.29, 1.82) is 0 Å². The molecule has 0 heteroatoms. The minimum atomic E-state index is 1.01. The fraction of sp³-hybridized carbons (Fsp3) is 0.143. The van der Waals surface area contributed by atoms with Crippen molar-refractivity contribution in [3.63, 3.8) is 0 Å². The van der Waals surface area contributed by atoms with E-state index in [0.29, 0.717) is 0 Å². The molecule has 0 heterocycles. The largest absolute Gasteiger partial charge is 0.0984 e. The molecule has 0 amide bonds. The molecule has 21 heavy (non-hydrogen) atoms. The second-order valence-corrected chi connectivity index (χ2v) is 5.59. The quantitative estimate of drug-likeness (QED) is 0.558. The zero-order valence-electron chi connectivity index (χ0n) is 12.7. The van der Waals surface area contributed by atoms with Gasteiger partial charge < -0.3 is 0 Å². The van der Waals surface area contributed by atoms with Gasteiger partial charge in [0.05, 0.1) is 0 Å². The molecule has 0 saturated heterocycles. The Bertz CT molecular complexity index is 773. The summed E-state index contributed by atoms with van der Waals surface area (Å²) >= 11 is 0. The van der Waals surface area contributed by atoms with Crippen LogP contribution < -0.4 is 0 Å². The SMILES string of the molecule is C=Cc1cc2c(cc1C=C)-c1cc(C)c(/C=C\C)cc1C2. The Morgan fingerprint density at radius 1 is 0.857 bits per heavy atom. The fourth-order valence-electron chi connectivity index (χ4n) is 3.16. The minimum absolute atomic E-state index is 1.01. The van der Waals surface area contributed by atoms with Gasteiger partial charge >= 0.3 is 0 Å². The van der Waals surface area contributed by atoms with Crippen molar-refractivity contribution >= 4 is 18.2 Å². The lowest BCUT2D eigenvalue weighted by Gasteiger charge is -2.08. The van der Waals surface area contributed by atoms with Crippen molar-refractivity contribution in [2.24, 2.45) is 0 Å². The van der Waals surface area contributed by atoms with Crippen LogP contribution in [0.25, 0.3) is 29.4 Å². The molecule has 0 spiro atoms. The van der Waals surface area contributed by atoms with E-state index in [9.17, 15) is 0 Å². The molecule has 0 radical (unpaired) electrons. The van der Waals surface area contributed by atoms with Crippen LogP contribution in [0.2, 0.25) is 0 Å². The van der Waals surface area contributed by atoms with E-state index in [0.717, 1.165) is 12.0 Å². The van der Waals surface area contributed by atoms with Gasteiger partial charge in [0, 0.05) is 0 Å². The second-order valence-electron chi connectivity index (χ2n) is 5.59. The second kappa shape index (κ2) is 5.21. The minimum Gasteiger partial charge on any atom is -0.0984 e. The Balaban J connectivity index is 2.20. The Morgan fingerprint density at radius 2 is 1.43 bits per heavy atom. The monoisotopic (exact) mass is 272 g/mol. The molecule has 0 fully saturated rings. The first-order chi connectivity index (χ1) is 10.2. The lowest BCUT2D eigenvalue weighted by Crippen LogP contribution is -1.87. The van der Waals surface area contributed by atoms with Gasteiger partial charge in [0.1, 0.15) is 0 Å². The van der Waals surface area contributed by atoms with E-state index in [1.165, 1.54) is 38.9 Å². The maximum Gasteiger partial charge on any atom is -0.00130 e. The Morgan fingerprint density at radius 3 is 2.05 bits per heavy atom. The normalized spacial score (nSPS) is 12.3. The topological polar surface area (TPSA) is 0 Å². The summed E-state index contributed by atoms with van der Waals surface area (Å²) < 4.78 is 0. The van der Waals surface area contributed by atoms with E-state index in [-0.39, 0.29) is 0 Å². The number of hydrogen-bond acceptors (Lipinski definition) is 0. The van der Waals surface area contributed by atoms with Crippen LogP contribution >= 0.6 is 0 Å². The van der Waals surface area contributed by atoms with Gasteiger partial charge in [-0.25, -0.2) is 0 Å². The predicted octanol–water partition coefficient (Wildman–Crippen LogP) is 5.89. The molecule has 0 nitrogen and oxygen atoms in total. The summed E-state index contributed by atoms with van der Waals surface area (Å²) in [7, 11) is 0. The maximum absolute atomic E-state index is 3.92. The molecule has 0 saturated carbocycles. The first-order valence-electron chi connectivity index (χ1n) is 7.36. The van der Waals surface area contributed by atoms with Gasteiger partial charge in [0.15, 0.2) is 0 Å². The van der Waals surface area contributed by atoms with Gasteiger partial charge in [-0.1, -0.05) is 55.7 Å². The van der Waals surface area contributed by atoms with E-state index in [1.54, 1.807) is 0 Å². The van der Waals surface area contributed by atoms with Crippen LogP contribution in [-0.4, -0.2) is 0 Å². The van der Waals surface area contributed by atoms with Crippen LogP contribution in [0, 0.1) is 6.92 Å². The Kier molecular flexibility index (Phi) is 3.39. The highest BCUT2D eigenvalue weighted by Crippen LogP contribution is 2.40. The van der Waals surface area contributed by atoms with Gasteiger partial charge in [-0.15, -0.1) is 0 Å². The third kappa shape index (κ3) is 2.17. The van der Waals surface area contributed by atoms with Crippen molar-refractivity contribution in [2.75, 3.05) is 0 Å². The lowest BCUT2D eigenvalue weighted by molar-refractivity contribution is 1.25. The van der Waals surface area contributed by atoms with Crippen LogP contribution in [0.4, 0.5) is 0 Å². The molecule has 0 unspecified atom stereocenters. The summed E-state index contributed by atoms with van der Waals surface area (Å²) in [5.74, 6) is 0. The molecule has 0 N–H and O–H groups in total. The summed E-state index contributed by atoms with van der Waals surface area (Å²) in [6.45, 7) is 12.1. The van der Waals surface area contributed by atoms with Crippen molar-refractivity contribution in [3.8, 4) is 11.1 Å². The van der Waals surface area contributed by atoms with Gasteiger partial charge in [-0.05, 0) is 70.8 Å². The molecule has 2 aromatic carbocycles. The molecule has 0 atom stereocenters. The number of aryl methyl sites for hydroxylation is 1. The van der Waals surface area contributed by atoms with E-state index in [4.69, 9.17) is 0 Å². The molecular formula is C21H20. The molecule has 0 aromatic heterocycles. The first kappa shape index (κ1) is 13.6. The van der Waals surface area contributed by atoms with Crippen molar-refractivity contribution in [1.82, 2.24) is 0 Å². The first-order valence-corrected chi connectivity index (χ1v) is 7.36. The molecule has 0 bridgehead atoms. The molecule has 1 aliphatic carbocycles. The predicted molar refractivity (Wildman–Crippen MR) is 94.3 cm³/mol. The van der Waals surface area contributed by atoms with Crippen LogP contribution in [0.3, 0.4) is 0 Å². The van der Waals surface area contributed by atoms with Crippen LogP contribution in [0.1, 0.15) is 40.3 Å². The van der Waals surface area contributed by atoms with Gasteiger partial charge in [-0.3, -0.25) is 0 Å². The van der Waals surface area contributed by atoms with E-state index in [1.807, 2.05) is 12.2 Å². The number of allylic oxidation sites excluding steroid dienone is 1. The highest BCUT2D eigenvalue weighted by Gasteiger charge is 2.20. The Hall–Kier alpha value is -2.34. The summed E-state index contributed by atoms with van der Waals surface area (Å²) in [6.07, 6.45) is 9.12. The number of rotatable bonds is 3. The van der Waals surface area contributed by atoms with E-state index < -0.39 is 0 Å². The lowest BCUT2D eigenvalue weighted by atomic mass is 9.96. The van der Waals surface area contributed by atoms with Crippen molar-refractivity contribution < 1.29 is 0 Å². The summed E-state index contributed by atoms with van der Waals surface area (Å²) in [5, 5.41) is 0. The van der Waals surface area contributed by atoms with E-state index in [2.05, 4.69) is 63.4 Å². The zero-order valence-corrected chi connectivity index (χ0v) is 12.7. The van der Waals surface area contributed by atoms with Crippen molar-refractivity contribution in [3.05, 3.63) is 76.9 Å². The third-order valence-electron chi connectivity index (χ3n) is 4.26. The summed E-state index contributed by atoms with van der Waals surface area (Å²) in [5.41, 5.74) is 10.5. The molecule has 3 rings (SSSR count). The highest BCUT2D eigenvalue weighted by atomic mass is 14.2. The summed E-state index contributed by atoms with van der Waals surface area (Å²) in [4.78, 5) is 0. The molecule has 1 aliphatic rings. The molecular weight excluding hydrogens is 252 g/mol. The molecule has 2 aromatic rings. The standard InChI is InChI=1S/C21H20/c1-5-8-17-11-19-12-18-10-15(6-2)16(7-3)13-21(18)20(19)9-14(17)4/h5-11,13H,2-3,12H2,1,4H3/b8-5-. The third-order valence-corrected chi connectivity index (χ3v) is 4.26. The van der Waals surface area contributed by atoms with E-state index >= 15 is 0 Å². The molecule has 104 valence electrons. The van der Waals surface area contributed by atoms with Gasteiger partial charge in [0.25, 0.3) is 0 Å². The van der Waals surface area contributed by atoms with Crippen LogP contribution in [0.5, 0.6) is 0 Å². The number of fused-ring (bicyclic) bond motifs is 3.